The number of amides is 1. The quantitative estimate of drug-likeness (QED) is 0.785. The Hall–Kier alpha value is -2.08. The van der Waals surface area contributed by atoms with Gasteiger partial charge >= 0.3 is 0 Å². The summed E-state index contributed by atoms with van der Waals surface area (Å²) in [4.78, 5) is 19.6. The van der Waals surface area contributed by atoms with E-state index in [1.165, 1.54) is 32.4 Å². The summed E-state index contributed by atoms with van der Waals surface area (Å²) in [5.41, 5.74) is 2.01. The predicted octanol–water partition coefficient (Wildman–Crippen LogP) is 2.65. The summed E-state index contributed by atoms with van der Waals surface area (Å²) >= 11 is 0. The molecule has 0 aliphatic carbocycles. The van der Waals surface area contributed by atoms with Gasteiger partial charge in [0.25, 0.3) is 5.91 Å². The number of hydrogen-bond donors (Lipinski definition) is 1. The number of carbonyl (C=O) groups is 1. The van der Waals surface area contributed by atoms with Crippen LogP contribution >= 0.6 is 0 Å². The van der Waals surface area contributed by atoms with Crippen molar-refractivity contribution in [1.29, 1.82) is 0 Å². The number of likely N-dealkylation sites (tertiary alicyclic amines) is 1. The van der Waals surface area contributed by atoms with Crippen molar-refractivity contribution >= 4 is 11.6 Å². The number of rotatable bonds is 7. The zero-order valence-electron chi connectivity index (χ0n) is 15.3. The predicted molar refractivity (Wildman–Crippen MR) is 98.3 cm³/mol. The summed E-state index contributed by atoms with van der Waals surface area (Å²) in [5, 5.41) is 3.04. The number of aromatic nitrogens is 2. The molecular formula is C19H28N4O2. The van der Waals surface area contributed by atoms with Crippen LogP contribution in [0.1, 0.15) is 48.8 Å². The molecular weight excluding hydrogens is 316 g/mol. The number of nitrogens with zero attached hydrogens (tertiary/aromatic N) is 3. The zero-order chi connectivity index (χ0) is 17.6. The van der Waals surface area contributed by atoms with Gasteiger partial charge in [-0.3, -0.25) is 9.20 Å². The highest BCUT2D eigenvalue weighted by Crippen LogP contribution is 2.22. The molecule has 6 heteroatoms. The standard InChI is InChI=1S/C19H28N4O2/c1-3-25-16-9-7-14-23-17(15(2)21-18(16)23)19(24)20-10-8-13-22-11-5-4-6-12-22/h7,9,14H,3-6,8,10-13H2,1-2H3,(H,20,24). The van der Waals surface area contributed by atoms with Gasteiger partial charge in [0, 0.05) is 12.7 Å². The van der Waals surface area contributed by atoms with Gasteiger partial charge in [-0.1, -0.05) is 6.42 Å². The van der Waals surface area contributed by atoms with Gasteiger partial charge in [0.15, 0.2) is 11.4 Å². The summed E-state index contributed by atoms with van der Waals surface area (Å²) < 4.78 is 7.43. The third-order valence-electron chi connectivity index (χ3n) is 4.69. The van der Waals surface area contributed by atoms with E-state index in [1.807, 2.05) is 36.6 Å². The van der Waals surface area contributed by atoms with Crippen LogP contribution in [0.4, 0.5) is 0 Å². The van der Waals surface area contributed by atoms with Gasteiger partial charge < -0.3 is 15.0 Å². The molecule has 1 fully saturated rings. The smallest absolute Gasteiger partial charge is 0.270 e. The maximum atomic E-state index is 12.6. The second-order valence-corrected chi connectivity index (χ2v) is 6.56. The van der Waals surface area contributed by atoms with Crippen molar-refractivity contribution in [3.8, 4) is 5.75 Å². The zero-order valence-corrected chi connectivity index (χ0v) is 15.3. The third kappa shape index (κ3) is 4.12. The molecule has 6 nitrogen and oxygen atoms in total. The van der Waals surface area contributed by atoms with Crippen molar-refractivity contribution in [2.75, 3.05) is 32.8 Å². The number of ether oxygens (including phenoxy) is 1. The molecule has 25 heavy (non-hydrogen) atoms. The van der Waals surface area contributed by atoms with E-state index in [-0.39, 0.29) is 5.91 Å². The molecule has 1 amide bonds. The first kappa shape index (κ1) is 17.7. The molecule has 136 valence electrons. The number of fused-ring (bicyclic) bond motifs is 1. The van der Waals surface area contributed by atoms with Gasteiger partial charge in [-0.15, -0.1) is 0 Å². The SMILES string of the molecule is CCOc1cccn2c(C(=O)NCCCN3CCCCC3)c(C)nc12. The van der Waals surface area contributed by atoms with E-state index < -0.39 is 0 Å². The van der Waals surface area contributed by atoms with Crippen LogP contribution in [-0.4, -0.2) is 53.0 Å². The molecule has 2 aromatic heterocycles. The third-order valence-corrected chi connectivity index (χ3v) is 4.69. The molecule has 1 aliphatic rings. The average molecular weight is 344 g/mol. The molecule has 1 saturated heterocycles. The summed E-state index contributed by atoms with van der Waals surface area (Å²) in [7, 11) is 0. The van der Waals surface area contributed by atoms with Crippen molar-refractivity contribution in [3.05, 3.63) is 29.7 Å². The first-order chi connectivity index (χ1) is 12.2. The number of pyridine rings is 1. The Kier molecular flexibility index (Phi) is 5.91. The largest absolute Gasteiger partial charge is 0.490 e. The number of imidazole rings is 1. The van der Waals surface area contributed by atoms with Crippen LogP contribution in [-0.2, 0) is 0 Å². The Morgan fingerprint density at radius 2 is 2.12 bits per heavy atom. The molecule has 0 atom stereocenters. The lowest BCUT2D eigenvalue weighted by Crippen LogP contribution is -2.33. The van der Waals surface area contributed by atoms with E-state index in [2.05, 4.69) is 15.2 Å². The van der Waals surface area contributed by atoms with Crippen LogP contribution in [0.3, 0.4) is 0 Å². The van der Waals surface area contributed by atoms with Gasteiger partial charge in [0.05, 0.1) is 12.3 Å². The molecule has 3 rings (SSSR count). The summed E-state index contributed by atoms with van der Waals surface area (Å²) in [6.07, 6.45) is 6.79. The van der Waals surface area contributed by atoms with E-state index in [9.17, 15) is 4.79 Å². The van der Waals surface area contributed by atoms with Crippen molar-refractivity contribution in [1.82, 2.24) is 19.6 Å². The van der Waals surface area contributed by atoms with Crippen molar-refractivity contribution < 1.29 is 9.53 Å². The first-order valence-corrected chi connectivity index (χ1v) is 9.31. The van der Waals surface area contributed by atoms with E-state index in [1.54, 1.807) is 0 Å². The Labute approximate surface area is 149 Å². The molecule has 0 aromatic carbocycles. The minimum atomic E-state index is -0.0720. The van der Waals surface area contributed by atoms with Crippen LogP contribution in [0.25, 0.3) is 5.65 Å². The number of carbonyl (C=O) groups excluding carboxylic acids is 1. The lowest BCUT2D eigenvalue weighted by Gasteiger charge is -2.26. The molecule has 3 heterocycles. The van der Waals surface area contributed by atoms with Crippen LogP contribution in [0.5, 0.6) is 5.75 Å². The maximum absolute atomic E-state index is 12.6. The highest BCUT2D eigenvalue weighted by atomic mass is 16.5. The fraction of sp³-hybridized carbons (Fsp3) is 0.579. The molecule has 0 saturated carbocycles. The average Bonchev–Trinajstić information content (AvgIpc) is 2.97. The van der Waals surface area contributed by atoms with Gasteiger partial charge in [-0.25, -0.2) is 4.98 Å². The lowest BCUT2D eigenvalue weighted by molar-refractivity contribution is 0.0944. The molecule has 1 N–H and O–H groups in total. The molecule has 0 radical (unpaired) electrons. The van der Waals surface area contributed by atoms with Crippen molar-refractivity contribution in [3.63, 3.8) is 0 Å². The highest BCUT2D eigenvalue weighted by molar-refractivity contribution is 5.94. The monoisotopic (exact) mass is 344 g/mol. The molecule has 0 unspecified atom stereocenters. The number of aryl methyl sites for hydroxylation is 1. The maximum Gasteiger partial charge on any atom is 0.270 e. The Morgan fingerprint density at radius 1 is 1.32 bits per heavy atom. The molecule has 1 aliphatic heterocycles. The van der Waals surface area contributed by atoms with Crippen LogP contribution in [0.2, 0.25) is 0 Å². The van der Waals surface area contributed by atoms with Crippen LogP contribution in [0.15, 0.2) is 18.3 Å². The van der Waals surface area contributed by atoms with E-state index in [4.69, 9.17) is 4.74 Å². The van der Waals surface area contributed by atoms with Gasteiger partial charge in [0.2, 0.25) is 0 Å². The Morgan fingerprint density at radius 3 is 2.88 bits per heavy atom. The van der Waals surface area contributed by atoms with Crippen LogP contribution < -0.4 is 10.1 Å². The Bertz CT molecular complexity index is 720. The second kappa shape index (κ2) is 8.34. The number of hydrogen-bond acceptors (Lipinski definition) is 4. The molecule has 0 spiro atoms. The van der Waals surface area contributed by atoms with Gasteiger partial charge in [-0.2, -0.15) is 0 Å². The van der Waals surface area contributed by atoms with Gasteiger partial charge in [-0.05, 0) is 64.9 Å². The summed E-state index contributed by atoms with van der Waals surface area (Å²) in [6.45, 7) is 8.51. The fourth-order valence-corrected chi connectivity index (χ4v) is 3.47. The number of piperidine rings is 1. The Balaban J connectivity index is 1.61. The fourth-order valence-electron chi connectivity index (χ4n) is 3.47. The number of nitrogens with one attached hydrogen (secondary N) is 1. The minimum absolute atomic E-state index is 0.0720. The van der Waals surface area contributed by atoms with Gasteiger partial charge in [0.1, 0.15) is 5.69 Å². The molecule has 2 aromatic rings. The topological polar surface area (TPSA) is 58.9 Å². The normalized spacial score (nSPS) is 15.4. The van der Waals surface area contributed by atoms with E-state index in [0.29, 0.717) is 30.2 Å². The van der Waals surface area contributed by atoms with Crippen LogP contribution in [0, 0.1) is 6.92 Å². The highest BCUT2D eigenvalue weighted by Gasteiger charge is 2.18. The second-order valence-electron chi connectivity index (χ2n) is 6.56. The molecule has 0 bridgehead atoms. The van der Waals surface area contributed by atoms with E-state index >= 15 is 0 Å². The van der Waals surface area contributed by atoms with Crippen molar-refractivity contribution in [2.45, 2.75) is 39.5 Å². The first-order valence-electron chi connectivity index (χ1n) is 9.31. The lowest BCUT2D eigenvalue weighted by atomic mass is 10.1. The minimum Gasteiger partial charge on any atom is -0.490 e. The summed E-state index contributed by atoms with van der Waals surface area (Å²) in [5.74, 6) is 0.634. The van der Waals surface area contributed by atoms with Crippen molar-refractivity contribution in [2.24, 2.45) is 0 Å². The summed E-state index contributed by atoms with van der Waals surface area (Å²) in [6, 6.07) is 3.76. The van der Waals surface area contributed by atoms with E-state index in [0.717, 1.165) is 18.7 Å².